The summed E-state index contributed by atoms with van der Waals surface area (Å²) >= 11 is 0. The third kappa shape index (κ3) is 6.26. The molecule has 1 aromatic heterocycles. The number of para-hydroxylation sites is 3. The van der Waals surface area contributed by atoms with E-state index in [9.17, 15) is 0 Å². The van der Waals surface area contributed by atoms with Crippen molar-refractivity contribution in [3.63, 3.8) is 0 Å². The van der Waals surface area contributed by atoms with Crippen LogP contribution in [0.2, 0.25) is 0 Å². The second kappa shape index (κ2) is 15.1. The summed E-state index contributed by atoms with van der Waals surface area (Å²) in [6.07, 6.45) is 15.9. The standard InChI is InChI=1S/C60H48N2O/c1-39-20-8-6-7-9-25-44(34-32-39)61(52-29-17-10-21-40(52)2)54-38-51-56(48-28-15-14-26-46(48)54)50-37-49-47-27-16-19-31-55(47)63-59(49)58(57(50)60(51,4)5)62(53-30-18-11-22-41(53)3)45-35-33-42-23-12-13-24-43(42)36-45/h6-8,10-38H,1,9H2,2-5H3/b7-6-,20-8-,34-32?,44-25+. The average Bonchev–Trinajstić information content (AvgIpc) is 3.79. The van der Waals surface area contributed by atoms with E-state index in [4.69, 9.17) is 4.42 Å². The first-order valence-electron chi connectivity index (χ1n) is 21.9. The lowest BCUT2D eigenvalue weighted by molar-refractivity contribution is 0.648. The predicted molar refractivity (Wildman–Crippen MR) is 268 cm³/mol. The highest BCUT2D eigenvalue weighted by Crippen LogP contribution is 2.60. The van der Waals surface area contributed by atoms with Crippen LogP contribution in [0.15, 0.2) is 216 Å². The molecule has 8 aromatic carbocycles. The smallest absolute Gasteiger partial charge is 0.159 e. The SMILES string of the molecule is C=C1C=C/C(N(c2ccccc2C)c2cc3c(c4ccccc24)-c2cc4c(oc5ccccc54)c(N(c4ccc5ccccc5c4)c4ccccc4C)c2C3(C)C)=C\C/C=C\C=C/1. The van der Waals surface area contributed by atoms with Crippen LogP contribution in [0.1, 0.15) is 42.5 Å². The van der Waals surface area contributed by atoms with E-state index in [0.717, 1.165) is 68.1 Å². The Bertz CT molecular complexity index is 3460. The van der Waals surface area contributed by atoms with E-state index in [1.54, 1.807) is 0 Å². The molecule has 2 aliphatic carbocycles. The van der Waals surface area contributed by atoms with Gasteiger partial charge in [0.2, 0.25) is 0 Å². The zero-order valence-electron chi connectivity index (χ0n) is 36.2. The first kappa shape index (κ1) is 38.3. The number of anilines is 5. The van der Waals surface area contributed by atoms with Crippen molar-refractivity contribution in [3.05, 3.63) is 234 Å². The largest absolute Gasteiger partial charge is 0.454 e. The fraction of sp³-hybridized carbons (Fsp3) is 0.100. The van der Waals surface area contributed by atoms with E-state index in [-0.39, 0.29) is 0 Å². The lowest BCUT2D eigenvalue weighted by atomic mass is 9.80. The van der Waals surface area contributed by atoms with Crippen molar-refractivity contribution >= 4 is 71.9 Å². The van der Waals surface area contributed by atoms with Crippen LogP contribution in [0.25, 0.3) is 54.6 Å². The minimum atomic E-state index is -0.469. The molecule has 0 saturated heterocycles. The van der Waals surface area contributed by atoms with Crippen LogP contribution < -0.4 is 9.80 Å². The van der Waals surface area contributed by atoms with Crippen molar-refractivity contribution in [2.24, 2.45) is 0 Å². The van der Waals surface area contributed by atoms with Crippen molar-refractivity contribution in [2.75, 3.05) is 9.80 Å². The quantitative estimate of drug-likeness (QED) is 0.167. The van der Waals surface area contributed by atoms with Gasteiger partial charge in [-0.25, -0.2) is 0 Å². The summed E-state index contributed by atoms with van der Waals surface area (Å²) in [5.41, 5.74) is 16.3. The lowest BCUT2D eigenvalue weighted by Gasteiger charge is -2.34. The van der Waals surface area contributed by atoms with Gasteiger partial charge in [0, 0.05) is 44.3 Å². The third-order valence-corrected chi connectivity index (χ3v) is 13.1. The molecule has 0 atom stereocenters. The Kier molecular flexibility index (Phi) is 9.17. The number of allylic oxidation sites excluding steroid dienone is 8. The molecule has 0 aliphatic heterocycles. The van der Waals surface area contributed by atoms with Crippen molar-refractivity contribution in [1.82, 2.24) is 0 Å². The number of hydrogen-bond donors (Lipinski definition) is 0. The van der Waals surface area contributed by atoms with Crippen LogP contribution in [0.5, 0.6) is 0 Å². The topological polar surface area (TPSA) is 19.6 Å². The van der Waals surface area contributed by atoms with Gasteiger partial charge in [0.25, 0.3) is 0 Å². The maximum absolute atomic E-state index is 7.12. The maximum atomic E-state index is 7.12. The van der Waals surface area contributed by atoms with Crippen LogP contribution in [-0.4, -0.2) is 0 Å². The Labute approximate surface area is 369 Å². The van der Waals surface area contributed by atoms with Gasteiger partial charge in [-0.05, 0) is 124 Å². The molecule has 3 heteroatoms. The first-order chi connectivity index (χ1) is 30.8. The molecule has 0 fully saturated rings. The number of hydrogen-bond acceptors (Lipinski definition) is 3. The van der Waals surface area contributed by atoms with Gasteiger partial charge in [-0.15, -0.1) is 0 Å². The predicted octanol–water partition coefficient (Wildman–Crippen LogP) is 16.9. The number of fused-ring (bicyclic) bond motifs is 9. The summed E-state index contributed by atoms with van der Waals surface area (Å²) in [5, 5.41) is 7.02. The van der Waals surface area contributed by atoms with Crippen molar-refractivity contribution in [3.8, 4) is 11.1 Å². The normalized spacial score (nSPS) is 16.2. The second-order valence-electron chi connectivity index (χ2n) is 17.4. The van der Waals surface area contributed by atoms with Gasteiger partial charge in [-0.1, -0.05) is 166 Å². The molecule has 3 nitrogen and oxygen atoms in total. The van der Waals surface area contributed by atoms with E-state index in [1.165, 1.54) is 54.9 Å². The minimum absolute atomic E-state index is 0.469. The third-order valence-electron chi connectivity index (χ3n) is 13.1. The van der Waals surface area contributed by atoms with E-state index >= 15 is 0 Å². The summed E-state index contributed by atoms with van der Waals surface area (Å²) in [7, 11) is 0. The van der Waals surface area contributed by atoms with Gasteiger partial charge in [0.1, 0.15) is 5.58 Å². The molecule has 0 unspecified atom stereocenters. The molecular formula is C60H48N2O. The number of benzene rings is 8. The fourth-order valence-electron chi connectivity index (χ4n) is 10.1. The Morgan fingerprint density at radius 1 is 0.571 bits per heavy atom. The maximum Gasteiger partial charge on any atom is 0.159 e. The number of nitrogens with zero attached hydrogens (tertiary/aromatic N) is 2. The highest BCUT2D eigenvalue weighted by Gasteiger charge is 2.43. The highest BCUT2D eigenvalue weighted by atomic mass is 16.3. The Balaban J connectivity index is 1.25. The van der Waals surface area contributed by atoms with E-state index in [2.05, 4.69) is 238 Å². The van der Waals surface area contributed by atoms with Crippen LogP contribution in [0, 0.1) is 13.8 Å². The van der Waals surface area contributed by atoms with Gasteiger partial charge in [0.15, 0.2) is 5.58 Å². The molecule has 63 heavy (non-hydrogen) atoms. The molecule has 0 saturated carbocycles. The summed E-state index contributed by atoms with van der Waals surface area (Å²) < 4.78 is 7.12. The summed E-state index contributed by atoms with van der Waals surface area (Å²) in [6.45, 7) is 13.6. The van der Waals surface area contributed by atoms with E-state index < -0.39 is 5.41 Å². The molecule has 0 bridgehead atoms. The number of rotatable bonds is 6. The molecule has 0 radical (unpaired) electrons. The first-order valence-corrected chi connectivity index (χ1v) is 21.9. The zero-order chi connectivity index (χ0) is 42.8. The molecule has 1 heterocycles. The van der Waals surface area contributed by atoms with Gasteiger partial charge in [-0.2, -0.15) is 0 Å². The molecule has 0 amide bonds. The monoisotopic (exact) mass is 812 g/mol. The van der Waals surface area contributed by atoms with Crippen LogP contribution in [-0.2, 0) is 5.41 Å². The average molecular weight is 813 g/mol. The van der Waals surface area contributed by atoms with Crippen LogP contribution >= 0.6 is 0 Å². The van der Waals surface area contributed by atoms with Crippen molar-refractivity contribution in [2.45, 2.75) is 39.5 Å². The van der Waals surface area contributed by atoms with Crippen LogP contribution in [0.4, 0.5) is 28.4 Å². The van der Waals surface area contributed by atoms with Crippen LogP contribution in [0.3, 0.4) is 0 Å². The number of furan rings is 1. The minimum Gasteiger partial charge on any atom is -0.454 e. The summed E-state index contributed by atoms with van der Waals surface area (Å²) in [5.74, 6) is 0. The fourth-order valence-corrected chi connectivity index (χ4v) is 10.1. The highest BCUT2D eigenvalue weighted by molar-refractivity contribution is 6.18. The van der Waals surface area contributed by atoms with Gasteiger partial charge in [-0.3, -0.25) is 0 Å². The Hall–Kier alpha value is -7.62. The van der Waals surface area contributed by atoms with E-state index in [1.807, 2.05) is 0 Å². The summed E-state index contributed by atoms with van der Waals surface area (Å²) in [4.78, 5) is 4.95. The number of aryl methyl sites for hydroxylation is 2. The van der Waals surface area contributed by atoms with Gasteiger partial charge in [0.05, 0.1) is 11.4 Å². The van der Waals surface area contributed by atoms with Crippen molar-refractivity contribution in [1.29, 1.82) is 0 Å². The molecule has 2 aliphatic rings. The molecule has 304 valence electrons. The lowest BCUT2D eigenvalue weighted by Crippen LogP contribution is -2.22. The molecule has 0 N–H and O–H groups in total. The van der Waals surface area contributed by atoms with Crippen molar-refractivity contribution < 1.29 is 4.42 Å². The molecular weight excluding hydrogens is 765 g/mol. The Morgan fingerprint density at radius 3 is 2.02 bits per heavy atom. The Morgan fingerprint density at radius 2 is 1.24 bits per heavy atom. The van der Waals surface area contributed by atoms with E-state index in [0.29, 0.717) is 0 Å². The second-order valence-corrected chi connectivity index (χ2v) is 17.4. The zero-order valence-corrected chi connectivity index (χ0v) is 36.2. The molecule has 0 spiro atoms. The molecule has 9 aromatic rings. The van der Waals surface area contributed by atoms with Gasteiger partial charge >= 0.3 is 0 Å². The molecule has 11 rings (SSSR count). The summed E-state index contributed by atoms with van der Waals surface area (Å²) in [6, 6.07) is 55.4. The van der Waals surface area contributed by atoms with Gasteiger partial charge < -0.3 is 14.2 Å².